The molecule has 14 heteroatoms. The molecule has 1 amide bonds. The molecule has 1 aromatic rings. The summed E-state index contributed by atoms with van der Waals surface area (Å²) in [7, 11) is -7.22. The van der Waals surface area contributed by atoms with E-state index >= 15 is 0 Å². The van der Waals surface area contributed by atoms with Crippen LogP contribution in [0.1, 0.15) is 16.8 Å². The van der Waals surface area contributed by atoms with E-state index in [9.17, 15) is 36.3 Å². The summed E-state index contributed by atoms with van der Waals surface area (Å²) in [5.74, 6) is -2.85. The highest BCUT2D eigenvalue weighted by Gasteiger charge is 2.50. The largest absolute Gasteiger partial charge is 0.534 e. The molecule has 0 saturated carbocycles. The normalized spacial score (nSPS) is 17.0. The molecule has 0 spiro atoms. The number of halogens is 3. The number of aliphatic carboxylic acids is 1. The van der Waals surface area contributed by atoms with Crippen molar-refractivity contribution < 1.29 is 49.9 Å². The van der Waals surface area contributed by atoms with E-state index in [4.69, 9.17) is 9.47 Å². The molecule has 184 valence electrons. The van der Waals surface area contributed by atoms with Crippen LogP contribution in [0.3, 0.4) is 0 Å². The van der Waals surface area contributed by atoms with Gasteiger partial charge in [0.25, 0.3) is 5.91 Å². The monoisotopic (exact) mass is 511 g/mol. The summed E-state index contributed by atoms with van der Waals surface area (Å²) >= 11 is 0. The second kappa shape index (κ2) is 10.1. The predicted molar refractivity (Wildman–Crippen MR) is 112 cm³/mol. The molecular weight excluding hydrogens is 487 g/mol. The fourth-order valence-corrected chi connectivity index (χ4v) is 3.87. The predicted octanol–water partition coefficient (Wildman–Crippen LogP) is 3.38. The third kappa shape index (κ3) is 7.47. The lowest BCUT2D eigenvalue weighted by Gasteiger charge is -2.19. The van der Waals surface area contributed by atoms with Gasteiger partial charge in [0.1, 0.15) is 17.6 Å². The molecule has 0 aliphatic carbocycles. The number of hydrogen-bond acceptors (Lipinski definition) is 7. The van der Waals surface area contributed by atoms with E-state index in [0.29, 0.717) is 23.5 Å². The van der Waals surface area contributed by atoms with Crippen molar-refractivity contribution >= 4 is 30.1 Å². The summed E-state index contributed by atoms with van der Waals surface area (Å²) in [5.41, 5.74) is -5.69. The van der Waals surface area contributed by atoms with Crippen LogP contribution >= 0.6 is 0 Å². The molecule has 1 aliphatic rings. The number of carboxylic acids is 1. The standard InChI is InChI=1S/C19H24F3NO8SSi/c1-33(2,3)9-8-29-12-30-14-6-4-13(5-7-14)17(24)23-11-15(10-16(23)18(25)26)31-32(27,28)19(20,21)22/h4-7,11,16H,8-10,12H2,1-3H3,(H,25,26)/t16-/m0/s1. The van der Waals surface area contributed by atoms with Gasteiger partial charge < -0.3 is 18.8 Å². The van der Waals surface area contributed by atoms with Crippen LogP contribution in [-0.2, 0) is 23.8 Å². The summed E-state index contributed by atoms with van der Waals surface area (Å²) in [5, 5.41) is 9.30. The maximum Gasteiger partial charge on any atom is 0.534 e. The molecule has 1 aliphatic heterocycles. The van der Waals surface area contributed by atoms with Crippen LogP contribution in [0.5, 0.6) is 5.75 Å². The lowest BCUT2D eigenvalue weighted by atomic mass is 10.1. The molecule has 2 rings (SSSR count). The number of alkyl halides is 3. The Kier molecular flexibility index (Phi) is 8.19. The van der Waals surface area contributed by atoms with Crippen molar-refractivity contribution in [2.75, 3.05) is 13.4 Å². The fourth-order valence-electron chi connectivity index (χ4n) is 2.63. The lowest BCUT2D eigenvalue weighted by molar-refractivity contribution is -0.141. The van der Waals surface area contributed by atoms with E-state index in [1.807, 2.05) is 0 Å². The highest BCUT2D eigenvalue weighted by molar-refractivity contribution is 7.87. The van der Waals surface area contributed by atoms with E-state index in [1.54, 1.807) is 0 Å². The third-order valence-corrected chi connectivity index (χ3v) is 7.14. The van der Waals surface area contributed by atoms with Gasteiger partial charge in [0.2, 0.25) is 0 Å². The summed E-state index contributed by atoms with van der Waals surface area (Å²) in [4.78, 5) is 24.8. The van der Waals surface area contributed by atoms with Gasteiger partial charge in [-0.25, -0.2) is 4.79 Å². The first-order valence-electron chi connectivity index (χ1n) is 9.68. The summed E-state index contributed by atoms with van der Waals surface area (Å²) in [6.45, 7) is 7.19. The summed E-state index contributed by atoms with van der Waals surface area (Å²) in [6.07, 6.45) is -0.104. The number of carbonyl (C=O) groups excluding carboxylic acids is 1. The van der Waals surface area contributed by atoms with Gasteiger partial charge >= 0.3 is 21.6 Å². The molecule has 0 bridgehead atoms. The van der Waals surface area contributed by atoms with Crippen molar-refractivity contribution in [2.45, 2.75) is 43.7 Å². The second-order valence-electron chi connectivity index (χ2n) is 8.35. The Labute approximate surface area is 189 Å². The van der Waals surface area contributed by atoms with Crippen LogP contribution in [0.4, 0.5) is 13.2 Å². The van der Waals surface area contributed by atoms with Gasteiger partial charge in [0.05, 0.1) is 0 Å². The minimum atomic E-state index is -6.00. The average Bonchev–Trinajstić information content (AvgIpc) is 3.09. The maximum absolute atomic E-state index is 12.7. The number of carboxylic acid groups (broad SMARTS) is 1. The molecule has 33 heavy (non-hydrogen) atoms. The SMILES string of the molecule is C[Si](C)(C)CCOCOc1ccc(C(=O)N2C=C(OS(=O)(=O)C(F)(F)F)C[C@H]2C(=O)O)cc1. The Balaban J connectivity index is 2.05. The zero-order chi connectivity index (χ0) is 25.0. The highest BCUT2D eigenvalue weighted by Crippen LogP contribution is 2.32. The van der Waals surface area contributed by atoms with E-state index in [2.05, 4.69) is 23.8 Å². The summed E-state index contributed by atoms with van der Waals surface area (Å²) in [6, 6.07) is 4.88. The van der Waals surface area contributed by atoms with Crippen molar-refractivity contribution in [3.8, 4) is 5.75 Å². The van der Waals surface area contributed by atoms with Crippen LogP contribution in [0.25, 0.3) is 0 Å². The van der Waals surface area contributed by atoms with Gasteiger partial charge in [-0.3, -0.25) is 9.69 Å². The van der Waals surface area contributed by atoms with Gasteiger partial charge in [-0.05, 0) is 30.3 Å². The van der Waals surface area contributed by atoms with Crippen LogP contribution in [0.15, 0.2) is 36.2 Å². The van der Waals surface area contributed by atoms with Gasteiger partial charge in [-0.1, -0.05) is 19.6 Å². The molecule has 1 atom stereocenters. The number of nitrogens with zero attached hydrogens (tertiary/aromatic N) is 1. The Bertz CT molecular complexity index is 1000. The average molecular weight is 512 g/mol. The van der Waals surface area contributed by atoms with E-state index < -0.39 is 53.8 Å². The number of ether oxygens (including phenoxy) is 2. The minimum Gasteiger partial charge on any atom is -0.480 e. The van der Waals surface area contributed by atoms with Gasteiger partial charge in [0, 0.05) is 32.9 Å². The second-order valence-corrected chi connectivity index (χ2v) is 15.5. The van der Waals surface area contributed by atoms with Crippen molar-refractivity contribution in [3.63, 3.8) is 0 Å². The number of benzene rings is 1. The molecule has 9 nitrogen and oxygen atoms in total. The summed E-state index contributed by atoms with van der Waals surface area (Å²) < 4.78 is 74.8. The van der Waals surface area contributed by atoms with E-state index in [0.717, 1.165) is 6.04 Å². The van der Waals surface area contributed by atoms with Crippen molar-refractivity contribution in [2.24, 2.45) is 0 Å². The Hall–Kier alpha value is -2.58. The molecule has 1 heterocycles. The smallest absolute Gasteiger partial charge is 0.480 e. The molecule has 0 fully saturated rings. The topological polar surface area (TPSA) is 119 Å². The molecule has 0 saturated heterocycles. The van der Waals surface area contributed by atoms with Crippen LogP contribution < -0.4 is 4.74 Å². The Morgan fingerprint density at radius 3 is 2.30 bits per heavy atom. The van der Waals surface area contributed by atoms with Crippen molar-refractivity contribution in [1.29, 1.82) is 0 Å². The molecular formula is C19H24F3NO8SSi. The van der Waals surface area contributed by atoms with Gasteiger partial charge in [0.15, 0.2) is 6.79 Å². The molecule has 1 aromatic carbocycles. The first-order chi connectivity index (χ1) is 15.1. The van der Waals surface area contributed by atoms with Crippen molar-refractivity contribution in [1.82, 2.24) is 4.90 Å². The first kappa shape index (κ1) is 26.7. The first-order valence-corrected chi connectivity index (χ1v) is 14.8. The van der Waals surface area contributed by atoms with Crippen LogP contribution in [0, 0.1) is 0 Å². The van der Waals surface area contributed by atoms with E-state index in [-0.39, 0.29) is 12.4 Å². The highest BCUT2D eigenvalue weighted by atomic mass is 32.2. The number of carbonyl (C=O) groups is 2. The molecule has 0 unspecified atom stereocenters. The molecule has 0 aromatic heterocycles. The fraction of sp³-hybridized carbons (Fsp3) is 0.474. The zero-order valence-corrected chi connectivity index (χ0v) is 19.9. The van der Waals surface area contributed by atoms with Crippen LogP contribution in [0.2, 0.25) is 25.7 Å². The van der Waals surface area contributed by atoms with Gasteiger partial charge in [-0.2, -0.15) is 21.6 Å². The Morgan fingerprint density at radius 2 is 1.79 bits per heavy atom. The maximum atomic E-state index is 12.7. The van der Waals surface area contributed by atoms with Crippen molar-refractivity contribution in [3.05, 3.63) is 41.8 Å². The Morgan fingerprint density at radius 1 is 1.18 bits per heavy atom. The van der Waals surface area contributed by atoms with E-state index in [1.165, 1.54) is 24.3 Å². The van der Waals surface area contributed by atoms with Gasteiger partial charge in [-0.15, -0.1) is 0 Å². The minimum absolute atomic E-state index is 0.00209. The van der Waals surface area contributed by atoms with Crippen LogP contribution in [-0.4, -0.2) is 63.3 Å². The third-order valence-electron chi connectivity index (χ3n) is 4.44. The quantitative estimate of drug-likeness (QED) is 0.167. The lowest BCUT2D eigenvalue weighted by Crippen LogP contribution is -2.38. The molecule has 0 radical (unpaired) electrons. The number of rotatable bonds is 10. The number of amides is 1. The number of hydrogen-bond donors (Lipinski definition) is 1. The zero-order valence-electron chi connectivity index (χ0n) is 18.1. The molecule has 1 N–H and O–H groups in total.